The van der Waals surface area contributed by atoms with Gasteiger partial charge in [-0.2, -0.15) is 0 Å². The third kappa shape index (κ3) is 2.57. The Morgan fingerprint density at radius 2 is 2.36 bits per heavy atom. The molecule has 2 rings (SSSR count). The van der Waals surface area contributed by atoms with Gasteiger partial charge in [-0.05, 0) is 41.8 Å². The van der Waals surface area contributed by atoms with Gasteiger partial charge in [-0.3, -0.25) is 0 Å². The molecule has 1 saturated carbocycles. The van der Waals surface area contributed by atoms with Gasteiger partial charge >= 0.3 is 0 Å². The number of hydrogen-bond donors (Lipinski definition) is 2. The summed E-state index contributed by atoms with van der Waals surface area (Å²) < 4.78 is 1.05. The first kappa shape index (κ1) is 10.6. The molecule has 1 aromatic rings. The van der Waals surface area contributed by atoms with Crippen LogP contribution in [0.2, 0.25) is 0 Å². The highest BCUT2D eigenvalue weighted by Crippen LogP contribution is 2.29. The van der Waals surface area contributed by atoms with E-state index in [2.05, 4.69) is 21.2 Å². The molecule has 2 N–H and O–H groups in total. The van der Waals surface area contributed by atoms with E-state index in [1.165, 1.54) is 12.8 Å². The lowest BCUT2D eigenvalue weighted by Gasteiger charge is -2.18. The molecule has 4 heteroatoms. The molecule has 0 saturated heterocycles. The SMILES string of the molecule is CC(NC1CC1)C(O)c1cc(Br)cs1. The summed E-state index contributed by atoms with van der Waals surface area (Å²) in [6.07, 6.45) is 2.13. The first-order valence-electron chi connectivity index (χ1n) is 4.85. The molecule has 2 atom stereocenters. The van der Waals surface area contributed by atoms with Crippen molar-refractivity contribution in [3.8, 4) is 0 Å². The minimum absolute atomic E-state index is 0.146. The molecule has 78 valence electrons. The minimum Gasteiger partial charge on any atom is -0.386 e. The van der Waals surface area contributed by atoms with Gasteiger partial charge in [-0.1, -0.05) is 0 Å². The molecular weight excluding hydrogens is 262 g/mol. The summed E-state index contributed by atoms with van der Waals surface area (Å²) >= 11 is 4.99. The summed E-state index contributed by atoms with van der Waals surface area (Å²) in [5, 5.41) is 15.4. The molecule has 14 heavy (non-hydrogen) atoms. The quantitative estimate of drug-likeness (QED) is 0.886. The summed E-state index contributed by atoms with van der Waals surface area (Å²) in [5.74, 6) is 0. The second-order valence-corrected chi connectivity index (χ2v) is 5.70. The first-order valence-corrected chi connectivity index (χ1v) is 6.52. The third-order valence-electron chi connectivity index (χ3n) is 2.43. The highest BCUT2D eigenvalue weighted by Gasteiger charge is 2.26. The number of rotatable bonds is 4. The van der Waals surface area contributed by atoms with Crippen molar-refractivity contribution in [2.45, 2.75) is 38.0 Å². The van der Waals surface area contributed by atoms with Crippen molar-refractivity contribution in [1.29, 1.82) is 0 Å². The van der Waals surface area contributed by atoms with Crippen LogP contribution in [0.15, 0.2) is 15.9 Å². The molecule has 0 aliphatic heterocycles. The van der Waals surface area contributed by atoms with Gasteiger partial charge in [0.1, 0.15) is 6.10 Å². The second kappa shape index (κ2) is 4.31. The molecule has 1 heterocycles. The Morgan fingerprint density at radius 1 is 1.64 bits per heavy atom. The van der Waals surface area contributed by atoms with E-state index >= 15 is 0 Å². The number of aliphatic hydroxyl groups excluding tert-OH is 1. The predicted molar refractivity (Wildman–Crippen MR) is 62.6 cm³/mol. The number of thiophene rings is 1. The zero-order valence-electron chi connectivity index (χ0n) is 8.03. The fourth-order valence-electron chi connectivity index (χ4n) is 1.44. The smallest absolute Gasteiger partial charge is 0.103 e. The highest BCUT2D eigenvalue weighted by molar-refractivity contribution is 9.10. The van der Waals surface area contributed by atoms with Crippen molar-refractivity contribution >= 4 is 27.3 Å². The van der Waals surface area contributed by atoms with Gasteiger partial charge < -0.3 is 10.4 Å². The summed E-state index contributed by atoms with van der Waals surface area (Å²) in [6, 6.07) is 2.77. The molecule has 1 aliphatic carbocycles. The Labute approximate surface area is 96.5 Å². The van der Waals surface area contributed by atoms with Crippen molar-refractivity contribution < 1.29 is 5.11 Å². The molecule has 0 spiro atoms. The standard InChI is InChI=1S/C10H14BrNOS/c1-6(12-8-2-3-8)10(13)9-4-7(11)5-14-9/h4-6,8,10,12-13H,2-3H2,1H3. The molecule has 1 aromatic heterocycles. The zero-order valence-corrected chi connectivity index (χ0v) is 10.4. The molecule has 2 unspecified atom stereocenters. The Balaban J connectivity index is 1.95. The zero-order chi connectivity index (χ0) is 10.1. The van der Waals surface area contributed by atoms with E-state index in [1.54, 1.807) is 11.3 Å². The van der Waals surface area contributed by atoms with Gasteiger partial charge in [0.25, 0.3) is 0 Å². The largest absolute Gasteiger partial charge is 0.386 e. The maximum atomic E-state index is 10.0. The van der Waals surface area contributed by atoms with Crippen molar-refractivity contribution in [1.82, 2.24) is 5.32 Å². The predicted octanol–water partition coefficient (Wildman–Crippen LogP) is 2.68. The Morgan fingerprint density at radius 3 is 2.86 bits per heavy atom. The maximum absolute atomic E-state index is 10.0. The summed E-state index contributed by atoms with van der Waals surface area (Å²) in [6.45, 7) is 2.04. The average molecular weight is 276 g/mol. The summed E-state index contributed by atoms with van der Waals surface area (Å²) in [7, 11) is 0. The van der Waals surface area contributed by atoms with Crippen molar-refractivity contribution in [2.24, 2.45) is 0 Å². The third-order valence-corrected chi connectivity index (χ3v) is 4.19. The molecular formula is C10H14BrNOS. The fraction of sp³-hybridized carbons (Fsp3) is 0.600. The van der Waals surface area contributed by atoms with Gasteiger partial charge in [0.05, 0.1) is 0 Å². The van der Waals surface area contributed by atoms with Gasteiger partial charge in [0.15, 0.2) is 0 Å². The lowest BCUT2D eigenvalue weighted by Crippen LogP contribution is -2.33. The van der Waals surface area contributed by atoms with E-state index < -0.39 is 0 Å². The van der Waals surface area contributed by atoms with Crippen LogP contribution in [0.3, 0.4) is 0 Å². The first-order chi connectivity index (χ1) is 6.66. The topological polar surface area (TPSA) is 32.3 Å². The van der Waals surface area contributed by atoms with Crippen LogP contribution in [-0.4, -0.2) is 17.2 Å². The molecule has 1 aliphatic rings. The highest BCUT2D eigenvalue weighted by atomic mass is 79.9. The lowest BCUT2D eigenvalue weighted by molar-refractivity contribution is 0.138. The molecule has 0 aromatic carbocycles. The molecule has 0 amide bonds. The summed E-state index contributed by atoms with van der Waals surface area (Å²) in [5.41, 5.74) is 0. The molecule has 0 bridgehead atoms. The fourth-order valence-corrected chi connectivity index (χ4v) is 2.98. The Bertz CT molecular complexity index is 311. The van der Waals surface area contributed by atoms with Crippen LogP contribution in [-0.2, 0) is 0 Å². The van der Waals surface area contributed by atoms with Crippen LogP contribution in [0.4, 0.5) is 0 Å². The van der Waals surface area contributed by atoms with Gasteiger partial charge in [0.2, 0.25) is 0 Å². The van der Waals surface area contributed by atoms with E-state index in [4.69, 9.17) is 0 Å². The van der Waals surface area contributed by atoms with Crippen LogP contribution in [0.1, 0.15) is 30.7 Å². The van der Waals surface area contributed by atoms with Crippen LogP contribution >= 0.6 is 27.3 Å². The molecule has 0 radical (unpaired) electrons. The van der Waals surface area contributed by atoms with E-state index in [0.717, 1.165) is 9.35 Å². The second-order valence-electron chi connectivity index (χ2n) is 3.84. The monoisotopic (exact) mass is 275 g/mol. The number of hydrogen-bond acceptors (Lipinski definition) is 3. The Hall–Kier alpha value is 0.1000. The van der Waals surface area contributed by atoms with Crippen LogP contribution < -0.4 is 5.32 Å². The van der Waals surface area contributed by atoms with Crippen molar-refractivity contribution in [3.05, 3.63) is 20.8 Å². The van der Waals surface area contributed by atoms with Crippen LogP contribution in [0, 0.1) is 0 Å². The minimum atomic E-state index is -0.383. The number of aliphatic hydroxyl groups is 1. The number of halogens is 1. The molecule has 2 nitrogen and oxygen atoms in total. The van der Waals surface area contributed by atoms with Gasteiger partial charge in [0, 0.05) is 26.8 Å². The van der Waals surface area contributed by atoms with Gasteiger partial charge in [-0.25, -0.2) is 0 Å². The van der Waals surface area contributed by atoms with E-state index in [9.17, 15) is 5.11 Å². The number of nitrogens with one attached hydrogen (secondary N) is 1. The van der Waals surface area contributed by atoms with E-state index in [1.807, 2.05) is 18.4 Å². The lowest BCUT2D eigenvalue weighted by atomic mass is 10.1. The maximum Gasteiger partial charge on any atom is 0.103 e. The average Bonchev–Trinajstić information content (AvgIpc) is 2.85. The van der Waals surface area contributed by atoms with Crippen molar-refractivity contribution in [2.75, 3.05) is 0 Å². The van der Waals surface area contributed by atoms with Crippen molar-refractivity contribution in [3.63, 3.8) is 0 Å². The van der Waals surface area contributed by atoms with Crippen LogP contribution in [0.5, 0.6) is 0 Å². The van der Waals surface area contributed by atoms with Gasteiger partial charge in [-0.15, -0.1) is 11.3 Å². The molecule has 1 fully saturated rings. The summed E-state index contributed by atoms with van der Waals surface area (Å²) in [4.78, 5) is 1.03. The van der Waals surface area contributed by atoms with Crippen LogP contribution in [0.25, 0.3) is 0 Å². The van der Waals surface area contributed by atoms with E-state index in [-0.39, 0.29) is 12.1 Å². The Kier molecular flexibility index (Phi) is 3.27. The van der Waals surface area contributed by atoms with E-state index in [0.29, 0.717) is 6.04 Å². The normalized spacial score (nSPS) is 20.8.